The molecule has 0 atom stereocenters. The van der Waals surface area contributed by atoms with E-state index in [1.165, 1.54) is 32.1 Å². The van der Waals surface area contributed by atoms with Crippen LogP contribution in [0.2, 0.25) is 0 Å². The van der Waals surface area contributed by atoms with Gasteiger partial charge in [-0.2, -0.15) is 5.10 Å². The fraction of sp³-hybridized carbons (Fsp3) is 0.786. The second kappa shape index (κ2) is 4.94. The van der Waals surface area contributed by atoms with Crippen molar-refractivity contribution in [1.82, 2.24) is 15.2 Å². The maximum atomic E-state index is 12.0. The summed E-state index contributed by atoms with van der Waals surface area (Å²) in [5, 5.41) is 7.34. The van der Waals surface area contributed by atoms with Gasteiger partial charge in [0.15, 0.2) is 5.82 Å². The maximum absolute atomic E-state index is 12.0. The zero-order valence-electron chi connectivity index (χ0n) is 11.4. The summed E-state index contributed by atoms with van der Waals surface area (Å²) in [6.45, 7) is 2.25. The molecule has 1 aromatic heterocycles. The van der Waals surface area contributed by atoms with Gasteiger partial charge >= 0.3 is 5.97 Å². The quantitative estimate of drug-likeness (QED) is 0.847. The summed E-state index contributed by atoms with van der Waals surface area (Å²) in [7, 11) is 0. The molecule has 5 nitrogen and oxygen atoms in total. The number of H-pyrrole nitrogens is 1. The van der Waals surface area contributed by atoms with Crippen molar-refractivity contribution < 1.29 is 9.53 Å². The van der Waals surface area contributed by atoms with Gasteiger partial charge in [-0.15, -0.1) is 0 Å². The van der Waals surface area contributed by atoms with Crippen LogP contribution in [0.25, 0.3) is 0 Å². The molecule has 1 heterocycles. The Morgan fingerprint density at radius 1 is 1.37 bits per heavy atom. The molecule has 19 heavy (non-hydrogen) atoms. The van der Waals surface area contributed by atoms with E-state index in [9.17, 15) is 4.79 Å². The molecule has 0 amide bonds. The van der Waals surface area contributed by atoms with Crippen molar-refractivity contribution in [2.45, 2.75) is 63.2 Å². The van der Waals surface area contributed by atoms with E-state index in [0.717, 1.165) is 18.7 Å². The Morgan fingerprint density at radius 3 is 2.74 bits per heavy atom. The predicted octanol–water partition coefficient (Wildman–Crippen LogP) is 2.45. The molecule has 5 heteroatoms. The molecule has 0 bridgehead atoms. The molecule has 0 unspecified atom stereocenters. The lowest BCUT2D eigenvalue weighted by molar-refractivity contribution is -0.146. The first-order valence-electron chi connectivity index (χ1n) is 7.36. The third kappa shape index (κ3) is 2.26. The van der Waals surface area contributed by atoms with Gasteiger partial charge < -0.3 is 4.74 Å². The Balaban J connectivity index is 1.75. The van der Waals surface area contributed by atoms with E-state index in [1.807, 2.05) is 6.92 Å². The molecule has 2 saturated carbocycles. The number of nitrogens with zero attached hydrogens (tertiary/aromatic N) is 2. The molecule has 2 fully saturated rings. The molecule has 0 spiro atoms. The molecule has 2 aliphatic carbocycles. The van der Waals surface area contributed by atoms with Crippen molar-refractivity contribution in [3.05, 3.63) is 11.6 Å². The van der Waals surface area contributed by atoms with Gasteiger partial charge in [-0.3, -0.25) is 9.89 Å². The van der Waals surface area contributed by atoms with Gasteiger partial charge in [0.1, 0.15) is 11.2 Å². The first kappa shape index (κ1) is 12.6. The summed E-state index contributed by atoms with van der Waals surface area (Å²) in [5.74, 6) is 1.94. The minimum atomic E-state index is -0.542. The molecule has 0 aromatic carbocycles. The fourth-order valence-corrected chi connectivity index (χ4v) is 2.96. The summed E-state index contributed by atoms with van der Waals surface area (Å²) in [6, 6.07) is 0. The zero-order chi connectivity index (χ0) is 13.3. The highest BCUT2D eigenvalue weighted by atomic mass is 16.5. The predicted molar refractivity (Wildman–Crippen MR) is 69.8 cm³/mol. The first-order valence-corrected chi connectivity index (χ1v) is 7.36. The molecule has 3 rings (SSSR count). The van der Waals surface area contributed by atoms with E-state index >= 15 is 0 Å². The molecule has 0 saturated heterocycles. The van der Waals surface area contributed by atoms with Gasteiger partial charge in [0, 0.05) is 5.92 Å². The van der Waals surface area contributed by atoms with Crippen molar-refractivity contribution in [3.8, 4) is 0 Å². The molecule has 1 N–H and O–H groups in total. The van der Waals surface area contributed by atoms with Crippen LogP contribution < -0.4 is 0 Å². The number of carbonyl (C=O) groups is 1. The maximum Gasteiger partial charge on any atom is 0.319 e. The second-order valence-electron chi connectivity index (χ2n) is 5.68. The van der Waals surface area contributed by atoms with Crippen LogP contribution in [0.15, 0.2) is 0 Å². The molecule has 0 aliphatic heterocycles. The number of hydrogen-bond acceptors (Lipinski definition) is 4. The number of aromatic amines is 1. The highest BCUT2D eigenvalue weighted by Gasteiger charge is 2.56. The second-order valence-corrected chi connectivity index (χ2v) is 5.68. The van der Waals surface area contributed by atoms with Gasteiger partial charge in [0.2, 0.25) is 0 Å². The van der Waals surface area contributed by atoms with Crippen LogP contribution in [0.1, 0.15) is 69.4 Å². The third-order valence-corrected chi connectivity index (χ3v) is 4.34. The van der Waals surface area contributed by atoms with Gasteiger partial charge in [0.05, 0.1) is 6.61 Å². The first-order chi connectivity index (χ1) is 9.26. The third-order valence-electron chi connectivity index (χ3n) is 4.34. The van der Waals surface area contributed by atoms with Gasteiger partial charge in [-0.1, -0.05) is 19.3 Å². The van der Waals surface area contributed by atoms with E-state index < -0.39 is 5.41 Å². The average Bonchev–Trinajstić information content (AvgIpc) is 3.11. The zero-order valence-corrected chi connectivity index (χ0v) is 11.4. The Hall–Kier alpha value is -1.39. The van der Waals surface area contributed by atoms with Crippen molar-refractivity contribution in [3.63, 3.8) is 0 Å². The fourth-order valence-electron chi connectivity index (χ4n) is 2.96. The lowest BCUT2D eigenvalue weighted by atomic mass is 9.89. The van der Waals surface area contributed by atoms with Crippen molar-refractivity contribution >= 4 is 5.97 Å². The normalized spacial score (nSPS) is 22.2. The van der Waals surface area contributed by atoms with Gasteiger partial charge in [0.25, 0.3) is 0 Å². The van der Waals surface area contributed by atoms with Crippen molar-refractivity contribution in [1.29, 1.82) is 0 Å². The van der Waals surface area contributed by atoms with E-state index in [4.69, 9.17) is 4.74 Å². The van der Waals surface area contributed by atoms with Crippen LogP contribution in [0.4, 0.5) is 0 Å². The number of aromatic nitrogens is 3. The topological polar surface area (TPSA) is 67.9 Å². The minimum Gasteiger partial charge on any atom is -0.465 e. The molecule has 2 aliphatic rings. The SMILES string of the molecule is CCOC(=O)C1(c2n[nH]c(C3CCCCC3)n2)CC1. The molecule has 1 aromatic rings. The monoisotopic (exact) mass is 263 g/mol. The summed E-state index contributed by atoms with van der Waals surface area (Å²) >= 11 is 0. The molecular weight excluding hydrogens is 242 g/mol. The van der Waals surface area contributed by atoms with Crippen molar-refractivity contribution in [2.24, 2.45) is 0 Å². The number of hydrogen-bond donors (Lipinski definition) is 1. The smallest absolute Gasteiger partial charge is 0.319 e. The number of ether oxygens (including phenoxy) is 1. The Morgan fingerprint density at radius 2 is 2.11 bits per heavy atom. The van der Waals surface area contributed by atoms with Crippen molar-refractivity contribution in [2.75, 3.05) is 6.61 Å². The lowest BCUT2D eigenvalue weighted by Gasteiger charge is -2.18. The van der Waals surface area contributed by atoms with E-state index in [-0.39, 0.29) is 5.97 Å². The van der Waals surface area contributed by atoms with E-state index in [1.54, 1.807) is 0 Å². The number of esters is 1. The Labute approximate surface area is 113 Å². The summed E-state index contributed by atoms with van der Waals surface area (Å²) in [6.07, 6.45) is 7.85. The van der Waals surface area contributed by atoms with Gasteiger partial charge in [-0.25, -0.2) is 4.98 Å². The Bertz CT molecular complexity index is 459. The van der Waals surface area contributed by atoms with Crippen LogP contribution >= 0.6 is 0 Å². The summed E-state index contributed by atoms with van der Waals surface area (Å²) < 4.78 is 5.15. The number of nitrogens with one attached hydrogen (secondary N) is 1. The summed E-state index contributed by atoms with van der Waals surface area (Å²) in [5.41, 5.74) is -0.542. The van der Waals surface area contributed by atoms with E-state index in [0.29, 0.717) is 18.3 Å². The van der Waals surface area contributed by atoms with Crippen LogP contribution in [0.3, 0.4) is 0 Å². The number of carbonyl (C=O) groups excluding carboxylic acids is 1. The average molecular weight is 263 g/mol. The minimum absolute atomic E-state index is 0.163. The highest BCUT2D eigenvalue weighted by molar-refractivity contribution is 5.85. The lowest BCUT2D eigenvalue weighted by Crippen LogP contribution is -2.24. The molecule has 0 radical (unpaired) electrons. The van der Waals surface area contributed by atoms with Crippen LogP contribution in [-0.4, -0.2) is 27.8 Å². The molecule has 104 valence electrons. The highest BCUT2D eigenvalue weighted by Crippen LogP contribution is 2.48. The van der Waals surface area contributed by atoms with E-state index in [2.05, 4.69) is 15.2 Å². The summed E-state index contributed by atoms with van der Waals surface area (Å²) in [4.78, 5) is 16.6. The van der Waals surface area contributed by atoms with Crippen LogP contribution in [0.5, 0.6) is 0 Å². The molecular formula is C14H21N3O2. The standard InChI is InChI=1S/C14H21N3O2/c1-2-19-13(18)14(8-9-14)12-15-11(16-17-12)10-6-4-3-5-7-10/h10H,2-9H2,1H3,(H,15,16,17). The van der Waals surface area contributed by atoms with Crippen LogP contribution in [0, 0.1) is 0 Å². The Kier molecular flexibility index (Phi) is 3.29. The largest absolute Gasteiger partial charge is 0.465 e. The van der Waals surface area contributed by atoms with Gasteiger partial charge in [-0.05, 0) is 32.6 Å². The van der Waals surface area contributed by atoms with Crippen LogP contribution in [-0.2, 0) is 14.9 Å². The number of rotatable bonds is 4.